The Morgan fingerprint density at radius 1 is 0.879 bits per heavy atom. The van der Waals surface area contributed by atoms with E-state index in [2.05, 4.69) is 5.32 Å². The smallest absolute Gasteiger partial charge is 0.253 e. The highest BCUT2D eigenvalue weighted by Gasteiger charge is 2.30. The van der Waals surface area contributed by atoms with Crippen LogP contribution in [0.1, 0.15) is 42.2 Å². The monoisotopic (exact) mass is 458 g/mol. The minimum atomic E-state index is -3.77. The van der Waals surface area contributed by atoms with Crippen LogP contribution in [0, 0.1) is 0 Å². The maximum absolute atomic E-state index is 13.8. The highest BCUT2D eigenvalue weighted by atomic mass is 32.2. The summed E-state index contributed by atoms with van der Waals surface area (Å²) in [6.45, 7) is 3.57. The highest BCUT2D eigenvalue weighted by Crippen LogP contribution is 2.34. The third-order valence-corrected chi connectivity index (χ3v) is 7.51. The molecule has 0 saturated carbocycles. The number of pyridine rings is 1. The number of benzene rings is 3. The average Bonchev–Trinajstić information content (AvgIpc) is 2.87. The van der Waals surface area contributed by atoms with Crippen LogP contribution in [0.15, 0.2) is 89.8 Å². The van der Waals surface area contributed by atoms with Crippen molar-refractivity contribution >= 4 is 26.6 Å². The molecule has 0 radical (unpaired) electrons. The van der Waals surface area contributed by atoms with Gasteiger partial charge in [-0.25, -0.2) is 13.4 Å². The molecule has 0 saturated heterocycles. The summed E-state index contributed by atoms with van der Waals surface area (Å²) in [6.07, 6.45) is 0.667. The Morgan fingerprint density at radius 2 is 1.48 bits per heavy atom. The van der Waals surface area contributed by atoms with E-state index in [4.69, 9.17) is 4.98 Å². The molecule has 0 aliphatic carbocycles. The van der Waals surface area contributed by atoms with Gasteiger partial charge in [0.15, 0.2) is 9.84 Å². The molecule has 4 aromatic rings. The van der Waals surface area contributed by atoms with Crippen LogP contribution in [0.2, 0.25) is 0 Å². The molecule has 0 spiro atoms. The van der Waals surface area contributed by atoms with Crippen LogP contribution in [0.4, 0.5) is 0 Å². The van der Waals surface area contributed by atoms with Crippen molar-refractivity contribution in [3.05, 3.63) is 96.1 Å². The van der Waals surface area contributed by atoms with Crippen LogP contribution < -0.4 is 5.32 Å². The van der Waals surface area contributed by atoms with E-state index in [0.717, 1.165) is 5.56 Å². The standard InChI is InChI=1S/C27H26N2O3S/c1-3-22(19-13-7-5-8-14-19)29-27(30)24-21-17-11-12-18-23(21)28-25(20-15-9-6-10-16-20)26(24)33(31,32)4-2/h5-18,22H,3-4H2,1-2H3,(H,29,30). The van der Waals surface area contributed by atoms with Gasteiger partial charge in [-0.3, -0.25) is 4.79 Å². The number of amides is 1. The summed E-state index contributed by atoms with van der Waals surface area (Å²) in [5, 5.41) is 3.59. The zero-order chi connectivity index (χ0) is 23.4. The summed E-state index contributed by atoms with van der Waals surface area (Å²) in [5.74, 6) is -0.559. The van der Waals surface area contributed by atoms with Crippen molar-refractivity contribution in [2.24, 2.45) is 0 Å². The number of fused-ring (bicyclic) bond motifs is 1. The predicted octanol–water partition coefficient (Wildman–Crippen LogP) is 5.58. The molecule has 1 N–H and O–H groups in total. The zero-order valence-corrected chi connectivity index (χ0v) is 19.5. The van der Waals surface area contributed by atoms with E-state index in [9.17, 15) is 13.2 Å². The average molecular weight is 459 g/mol. The van der Waals surface area contributed by atoms with E-state index in [1.54, 1.807) is 25.1 Å². The van der Waals surface area contributed by atoms with Gasteiger partial charge in [0.1, 0.15) is 4.90 Å². The van der Waals surface area contributed by atoms with Crippen LogP contribution in [0.3, 0.4) is 0 Å². The van der Waals surface area contributed by atoms with Gasteiger partial charge in [-0.05, 0) is 18.1 Å². The quantitative estimate of drug-likeness (QED) is 0.392. The maximum atomic E-state index is 13.8. The fourth-order valence-electron chi connectivity index (χ4n) is 4.00. The Labute approximate surface area is 194 Å². The molecule has 4 rings (SSSR count). The van der Waals surface area contributed by atoms with Crippen molar-refractivity contribution in [3.8, 4) is 11.3 Å². The molecule has 0 fully saturated rings. The minimum absolute atomic E-state index is 0.0182. The molecule has 0 bridgehead atoms. The van der Waals surface area contributed by atoms with Crippen LogP contribution in [-0.4, -0.2) is 25.1 Å². The van der Waals surface area contributed by atoms with Crippen LogP contribution in [-0.2, 0) is 9.84 Å². The second-order valence-corrected chi connectivity index (χ2v) is 10.0. The lowest BCUT2D eigenvalue weighted by Crippen LogP contribution is -2.30. The number of aromatic nitrogens is 1. The molecular formula is C27H26N2O3S. The number of carbonyl (C=O) groups excluding carboxylic acids is 1. The van der Waals surface area contributed by atoms with E-state index in [1.807, 2.05) is 73.7 Å². The lowest BCUT2D eigenvalue weighted by atomic mass is 10.0. The van der Waals surface area contributed by atoms with Gasteiger partial charge >= 0.3 is 0 Å². The SMILES string of the molecule is CCC(NC(=O)c1c(S(=O)(=O)CC)c(-c2ccccc2)nc2ccccc12)c1ccccc1. The second-order valence-electron chi connectivity index (χ2n) is 7.80. The minimum Gasteiger partial charge on any atom is -0.345 e. The Morgan fingerprint density at radius 3 is 2.12 bits per heavy atom. The summed E-state index contributed by atoms with van der Waals surface area (Å²) < 4.78 is 26.7. The molecule has 5 nitrogen and oxygen atoms in total. The van der Waals surface area contributed by atoms with Gasteiger partial charge in [0.25, 0.3) is 5.91 Å². The largest absolute Gasteiger partial charge is 0.345 e. The topological polar surface area (TPSA) is 76.1 Å². The van der Waals surface area contributed by atoms with Crippen LogP contribution in [0.5, 0.6) is 0 Å². The summed E-state index contributed by atoms with van der Waals surface area (Å²) >= 11 is 0. The Bertz CT molecular complexity index is 1390. The van der Waals surface area contributed by atoms with E-state index in [-0.39, 0.29) is 22.3 Å². The number of para-hydroxylation sites is 1. The lowest BCUT2D eigenvalue weighted by molar-refractivity contribution is 0.0934. The Hall–Kier alpha value is -3.51. The third-order valence-electron chi connectivity index (χ3n) is 5.73. The Kier molecular flexibility index (Phi) is 6.56. The van der Waals surface area contributed by atoms with Crippen LogP contribution >= 0.6 is 0 Å². The van der Waals surface area contributed by atoms with E-state index in [0.29, 0.717) is 28.6 Å². The first-order valence-electron chi connectivity index (χ1n) is 11.0. The molecule has 1 amide bonds. The van der Waals surface area contributed by atoms with Gasteiger partial charge in [-0.2, -0.15) is 0 Å². The van der Waals surface area contributed by atoms with Crippen molar-refractivity contribution in [3.63, 3.8) is 0 Å². The fraction of sp³-hybridized carbons (Fsp3) is 0.185. The first-order valence-corrected chi connectivity index (χ1v) is 12.7. The molecular weight excluding hydrogens is 432 g/mol. The number of nitrogens with zero attached hydrogens (tertiary/aromatic N) is 1. The number of rotatable bonds is 7. The van der Waals surface area contributed by atoms with Crippen molar-refractivity contribution in [1.82, 2.24) is 10.3 Å². The molecule has 1 unspecified atom stereocenters. The van der Waals surface area contributed by atoms with Gasteiger partial charge in [-0.15, -0.1) is 0 Å². The highest BCUT2D eigenvalue weighted by molar-refractivity contribution is 7.91. The fourth-order valence-corrected chi connectivity index (χ4v) is 5.26. The lowest BCUT2D eigenvalue weighted by Gasteiger charge is -2.21. The number of sulfone groups is 1. The first-order chi connectivity index (χ1) is 16.0. The van der Waals surface area contributed by atoms with Crippen molar-refractivity contribution in [2.45, 2.75) is 31.2 Å². The summed E-state index contributed by atoms with van der Waals surface area (Å²) in [4.78, 5) is 18.4. The molecule has 0 aliphatic rings. The van der Waals surface area contributed by atoms with E-state index in [1.165, 1.54) is 0 Å². The molecule has 33 heavy (non-hydrogen) atoms. The van der Waals surface area contributed by atoms with E-state index < -0.39 is 15.7 Å². The van der Waals surface area contributed by atoms with E-state index >= 15 is 0 Å². The van der Waals surface area contributed by atoms with Crippen molar-refractivity contribution in [1.29, 1.82) is 0 Å². The molecule has 168 valence electrons. The van der Waals surface area contributed by atoms with Gasteiger partial charge in [0, 0.05) is 10.9 Å². The van der Waals surface area contributed by atoms with Crippen LogP contribution in [0.25, 0.3) is 22.2 Å². The zero-order valence-electron chi connectivity index (χ0n) is 18.7. The van der Waals surface area contributed by atoms with Gasteiger partial charge in [-0.1, -0.05) is 92.7 Å². The van der Waals surface area contributed by atoms with Gasteiger partial charge in [0.05, 0.1) is 28.6 Å². The molecule has 3 aromatic carbocycles. The molecule has 1 heterocycles. The molecule has 1 aromatic heterocycles. The summed E-state index contributed by atoms with van der Waals surface area (Å²) in [5.41, 5.74) is 2.64. The normalized spacial score (nSPS) is 12.4. The molecule has 0 aliphatic heterocycles. The number of hydrogen-bond donors (Lipinski definition) is 1. The van der Waals surface area contributed by atoms with Gasteiger partial charge < -0.3 is 5.32 Å². The van der Waals surface area contributed by atoms with Crippen molar-refractivity contribution in [2.75, 3.05) is 5.75 Å². The number of carbonyl (C=O) groups is 1. The predicted molar refractivity (Wildman–Crippen MR) is 132 cm³/mol. The van der Waals surface area contributed by atoms with Gasteiger partial charge in [0.2, 0.25) is 0 Å². The summed E-state index contributed by atoms with van der Waals surface area (Å²) in [7, 11) is -3.77. The first kappa shape index (κ1) is 22.7. The second kappa shape index (κ2) is 9.55. The van der Waals surface area contributed by atoms with Crippen molar-refractivity contribution < 1.29 is 13.2 Å². The Balaban J connectivity index is 1.98. The molecule has 1 atom stereocenters. The maximum Gasteiger partial charge on any atom is 0.253 e. The molecule has 6 heteroatoms. The third kappa shape index (κ3) is 4.52. The number of hydrogen-bond acceptors (Lipinski definition) is 4. The number of nitrogens with one attached hydrogen (secondary N) is 1. The summed E-state index contributed by atoms with van der Waals surface area (Å²) in [6, 6.07) is 25.8.